The number of aromatic amines is 1. The van der Waals surface area contributed by atoms with Crippen LogP contribution in [-0.2, 0) is 16.1 Å². The monoisotopic (exact) mass is 400 g/mol. The molecule has 0 aliphatic carbocycles. The Balaban J connectivity index is 1.21. The lowest BCUT2D eigenvalue weighted by molar-refractivity contribution is -0.121. The van der Waals surface area contributed by atoms with Gasteiger partial charge in [-0.2, -0.15) is 15.4 Å². The minimum absolute atomic E-state index is 0.000301. The molecule has 2 bridgehead atoms. The van der Waals surface area contributed by atoms with Crippen molar-refractivity contribution >= 4 is 11.8 Å². The first-order chi connectivity index (χ1) is 14.1. The maximum Gasteiger partial charge on any atom is 0.276 e. The highest BCUT2D eigenvalue weighted by Gasteiger charge is 2.63. The first kappa shape index (κ1) is 18.2. The molecule has 3 aliphatic heterocycles. The van der Waals surface area contributed by atoms with E-state index in [1.165, 1.54) is 0 Å². The maximum absolute atomic E-state index is 12.9. The Bertz CT molecular complexity index is 912. The Hall–Kier alpha value is -2.82. The average Bonchev–Trinajstić information content (AvgIpc) is 3.51. The summed E-state index contributed by atoms with van der Waals surface area (Å²) in [5.41, 5.74) is 0.692. The van der Waals surface area contributed by atoms with E-state index in [2.05, 4.69) is 30.9 Å². The van der Waals surface area contributed by atoms with E-state index >= 15 is 0 Å². The van der Waals surface area contributed by atoms with Gasteiger partial charge in [0.25, 0.3) is 5.91 Å². The maximum atomic E-state index is 12.9. The Morgan fingerprint density at radius 3 is 2.93 bits per heavy atom. The van der Waals surface area contributed by atoms with Gasteiger partial charge in [0.2, 0.25) is 5.91 Å². The van der Waals surface area contributed by atoms with Crippen molar-refractivity contribution in [3.63, 3.8) is 0 Å². The van der Waals surface area contributed by atoms with Crippen molar-refractivity contribution in [1.82, 2.24) is 40.4 Å². The second-order valence-electron chi connectivity index (χ2n) is 8.23. The third kappa shape index (κ3) is 3.09. The Morgan fingerprint density at radius 2 is 2.17 bits per heavy atom. The van der Waals surface area contributed by atoms with Crippen LogP contribution >= 0.6 is 0 Å². The van der Waals surface area contributed by atoms with E-state index in [4.69, 9.17) is 4.74 Å². The van der Waals surface area contributed by atoms with Crippen molar-refractivity contribution in [3.05, 3.63) is 24.0 Å². The lowest BCUT2D eigenvalue weighted by Crippen LogP contribution is -2.42. The number of ether oxygens (including phenoxy) is 1. The molecule has 0 radical (unpaired) electrons. The van der Waals surface area contributed by atoms with Crippen LogP contribution in [-0.4, -0.2) is 78.2 Å². The Kier molecular flexibility index (Phi) is 4.34. The number of carbonyl (C=O) groups is 2. The second-order valence-corrected chi connectivity index (χ2v) is 8.23. The quantitative estimate of drug-likeness (QED) is 0.670. The number of carbonyl (C=O) groups excluding carboxylic acids is 2. The molecule has 3 fully saturated rings. The first-order valence-electron chi connectivity index (χ1n) is 9.99. The van der Waals surface area contributed by atoms with E-state index in [-0.39, 0.29) is 35.4 Å². The molecule has 1 spiro atoms. The molecule has 3 saturated heterocycles. The molecule has 11 nitrogen and oxygen atoms in total. The molecule has 2 aromatic heterocycles. The summed E-state index contributed by atoms with van der Waals surface area (Å²) in [6, 6.07) is 0. The summed E-state index contributed by atoms with van der Waals surface area (Å²) in [7, 11) is 0. The summed E-state index contributed by atoms with van der Waals surface area (Å²) in [5, 5.41) is 21.0. The van der Waals surface area contributed by atoms with Gasteiger partial charge < -0.3 is 19.5 Å². The minimum atomic E-state index is -0.282. The molecule has 5 heterocycles. The fraction of sp³-hybridized carbons (Fsp3) is 0.667. The fourth-order valence-corrected chi connectivity index (χ4v) is 5.14. The number of likely N-dealkylation sites (tertiary alicyclic amines) is 1. The predicted molar refractivity (Wildman–Crippen MR) is 98.5 cm³/mol. The van der Waals surface area contributed by atoms with Crippen molar-refractivity contribution < 1.29 is 14.3 Å². The van der Waals surface area contributed by atoms with Crippen molar-refractivity contribution in [2.24, 2.45) is 11.8 Å². The summed E-state index contributed by atoms with van der Waals surface area (Å²) in [5.74, 6) is 0.345. The van der Waals surface area contributed by atoms with Gasteiger partial charge in [-0.25, -0.2) is 0 Å². The second kappa shape index (κ2) is 6.90. The number of fused-ring (bicyclic) bond motifs is 1. The van der Waals surface area contributed by atoms with Crippen molar-refractivity contribution in [2.75, 3.05) is 19.6 Å². The fourth-order valence-electron chi connectivity index (χ4n) is 5.14. The highest BCUT2D eigenvalue weighted by atomic mass is 16.5. The van der Waals surface area contributed by atoms with E-state index in [1.54, 1.807) is 24.1 Å². The van der Waals surface area contributed by atoms with Gasteiger partial charge in [0, 0.05) is 37.9 Å². The summed E-state index contributed by atoms with van der Waals surface area (Å²) in [4.78, 5) is 27.0. The number of amides is 2. The molecule has 11 heteroatoms. The summed E-state index contributed by atoms with van der Waals surface area (Å²) >= 11 is 0. The van der Waals surface area contributed by atoms with Gasteiger partial charge in [-0.05, 0) is 19.8 Å². The smallest absolute Gasteiger partial charge is 0.276 e. The van der Waals surface area contributed by atoms with Crippen molar-refractivity contribution in [1.29, 1.82) is 0 Å². The standard InChI is InChI=1S/C18H24N8O3/c1-11-16(23-24-22-11)17(28)26-7-13-12(14-2-4-18(13,8-26)29-14)6-19-15(27)3-5-25-9-20-21-10-25/h9-10,12-14H,2-8H2,1H3,(H,19,27)(H,22,23,24)/t12-,13+,14+,18+/m0/s1. The number of nitrogens with one attached hydrogen (secondary N) is 2. The third-order valence-electron chi connectivity index (χ3n) is 6.59. The number of aromatic nitrogens is 6. The largest absolute Gasteiger partial charge is 0.369 e. The normalized spacial score (nSPS) is 30.0. The van der Waals surface area contributed by atoms with Gasteiger partial charge in [0.15, 0.2) is 5.69 Å². The van der Waals surface area contributed by atoms with Gasteiger partial charge in [-0.1, -0.05) is 0 Å². The highest BCUT2D eigenvalue weighted by molar-refractivity contribution is 5.93. The van der Waals surface area contributed by atoms with Gasteiger partial charge in [-0.15, -0.1) is 10.2 Å². The number of nitrogens with zero attached hydrogens (tertiary/aromatic N) is 6. The van der Waals surface area contributed by atoms with Crippen molar-refractivity contribution in [2.45, 2.75) is 44.4 Å². The third-order valence-corrected chi connectivity index (χ3v) is 6.59. The first-order valence-corrected chi connectivity index (χ1v) is 9.99. The molecule has 154 valence electrons. The molecule has 2 amide bonds. The Labute approximate surface area is 167 Å². The van der Waals surface area contributed by atoms with Crippen LogP contribution in [0.1, 0.15) is 35.4 Å². The van der Waals surface area contributed by atoms with E-state index in [0.717, 1.165) is 12.8 Å². The average molecular weight is 400 g/mol. The summed E-state index contributed by atoms with van der Waals surface area (Å²) < 4.78 is 8.15. The molecule has 5 rings (SSSR count). The lowest BCUT2D eigenvalue weighted by atomic mass is 9.73. The van der Waals surface area contributed by atoms with Crippen molar-refractivity contribution in [3.8, 4) is 0 Å². The number of hydrogen-bond acceptors (Lipinski definition) is 7. The van der Waals surface area contributed by atoms with Gasteiger partial charge in [-0.3, -0.25) is 9.59 Å². The molecule has 4 atom stereocenters. The van der Waals surface area contributed by atoms with Gasteiger partial charge in [0.05, 0.1) is 23.9 Å². The number of hydrogen-bond donors (Lipinski definition) is 2. The molecule has 0 aromatic carbocycles. The van der Waals surface area contributed by atoms with Gasteiger partial charge >= 0.3 is 0 Å². The van der Waals surface area contributed by atoms with Crippen LogP contribution in [0.3, 0.4) is 0 Å². The summed E-state index contributed by atoms with van der Waals surface area (Å²) in [6.07, 6.45) is 5.67. The molecule has 0 saturated carbocycles. The lowest BCUT2D eigenvalue weighted by Gasteiger charge is -2.29. The van der Waals surface area contributed by atoms with Crippen LogP contribution in [0, 0.1) is 18.8 Å². The zero-order valence-electron chi connectivity index (χ0n) is 16.2. The van der Waals surface area contributed by atoms with Crippen LogP contribution in [0.25, 0.3) is 0 Å². The number of rotatable bonds is 6. The van der Waals surface area contributed by atoms with Crippen LogP contribution in [0.2, 0.25) is 0 Å². The number of H-pyrrole nitrogens is 1. The van der Waals surface area contributed by atoms with Crippen LogP contribution in [0.4, 0.5) is 0 Å². The van der Waals surface area contributed by atoms with Gasteiger partial charge in [0.1, 0.15) is 12.7 Å². The van der Waals surface area contributed by atoms with Crippen LogP contribution in [0.15, 0.2) is 12.7 Å². The molecule has 2 aromatic rings. The summed E-state index contributed by atoms with van der Waals surface area (Å²) in [6.45, 7) is 4.10. The topological polar surface area (TPSA) is 131 Å². The van der Waals surface area contributed by atoms with Crippen LogP contribution < -0.4 is 5.32 Å². The highest BCUT2D eigenvalue weighted by Crippen LogP contribution is 2.54. The SMILES string of the molecule is Cc1n[nH]nc1C(=O)N1C[C@@H]2[C@H](CNC(=O)CCn3cnnc3)[C@H]3CC[C@]2(C1)O3. The zero-order chi connectivity index (χ0) is 20.0. The molecule has 0 unspecified atom stereocenters. The van der Waals surface area contributed by atoms with E-state index in [1.807, 2.05) is 4.90 Å². The van der Waals surface area contributed by atoms with E-state index < -0.39 is 0 Å². The minimum Gasteiger partial charge on any atom is -0.369 e. The molecule has 29 heavy (non-hydrogen) atoms. The molecular weight excluding hydrogens is 376 g/mol. The van der Waals surface area contributed by atoms with E-state index in [0.29, 0.717) is 44.0 Å². The molecule has 3 aliphatic rings. The molecular formula is C18H24N8O3. The number of aryl methyl sites for hydroxylation is 2. The predicted octanol–water partition coefficient (Wildman–Crippen LogP) is -0.469. The Morgan fingerprint density at radius 1 is 1.34 bits per heavy atom. The van der Waals surface area contributed by atoms with E-state index in [9.17, 15) is 9.59 Å². The molecule has 2 N–H and O–H groups in total. The van der Waals surface area contributed by atoms with Crippen LogP contribution in [0.5, 0.6) is 0 Å². The zero-order valence-corrected chi connectivity index (χ0v) is 16.2.